The summed E-state index contributed by atoms with van der Waals surface area (Å²) in [6.07, 6.45) is 2.69. The van der Waals surface area contributed by atoms with Crippen LogP contribution in [0.5, 0.6) is 11.5 Å². The maximum Gasteiger partial charge on any atom is 0.123 e. The second-order valence-corrected chi connectivity index (χ2v) is 4.92. The summed E-state index contributed by atoms with van der Waals surface area (Å²) in [5.74, 6) is 0.140. The zero-order chi connectivity index (χ0) is 12.5. The lowest BCUT2D eigenvalue weighted by Crippen LogP contribution is -2.40. The molecule has 1 aliphatic rings. The number of aliphatic hydroxyl groups excluding tert-OH is 1. The van der Waals surface area contributed by atoms with E-state index in [1.54, 1.807) is 12.1 Å². The van der Waals surface area contributed by atoms with Gasteiger partial charge in [0.05, 0.1) is 6.10 Å². The fourth-order valence-corrected chi connectivity index (χ4v) is 2.71. The van der Waals surface area contributed by atoms with Gasteiger partial charge in [-0.3, -0.25) is 0 Å². The molecule has 0 unspecified atom stereocenters. The van der Waals surface area contributed by atoms with Crippen LogP contribution in [0.2, 0.25) is 0 Å². The van der Waals surface area contributed by atoms with Crippen LogP contribution in [0.15, 0.2) is 18.2 Å². The van der Waals surface area contributed by atoms with E-state index in [1.807, 2.05) is 0 Å². The van der Waals surface area contributed by atoms with Crippen molar-refractivity contribution in [2.45, 2.75) is 37.2 Å². The predicted octanol–water partition coefficient (Wildman–Crippen LogP) is 1.23. The molecule has 94 valence electrons. The molecule has 1 fully saturated rings. The van der Waals surface area contributed by atoms with Gasteiger partial charge in [-0.25, -0.2) is 0 Å². The highest BCUT2D eigenvalue weighted by molar-refractivity contribution is 5.44. The Kier molecular flexibility index (Phi) is 3.26. The Morgan fingerprint density at radius 1 is 1.24 bits per heavy atom. The molecular weight excluding hydrogens is 218 g/mol. The molecule has 4 nitrogen and oxygen atoms in total. The molecule has 1 saturated carbocycles. The molecule has 2 rings (SSSR count). The van der Waals surface area contributed by atoms with Gasteiger partial charge in [0.25, 0.3) is 0 Å². The molecule has 1 aromatic rings. The molecule has 1 aromatic carbocycles. The van der Waals surface area contributed by atoms with Gasteiger partial charge in [0.2, 0.25) is 0 Å². The average Bonchev–Trinajstić information content (AvgIpc) is 2.31. The molecule has 0 saturated heterocycles. The topological polar surface area (TPSA) is 86.7 Å². The highest BCUT2D eigenvalue weighted by Gasteiger charge is 2.37. The third kappa shape index (κ3) is 2.23. The van der Waals surface area contributed by atoms with Crippen molar-refractivity contribution in [3.8, 4) is 11.5 Å². The maximum absolute atomic E-state index is 9.93. The van der Waals surface area contributed by atoms with E-state index in [9.17, 15) is 15.3 Å². The summed E-state index contributed by atoms with van der Waals surface area (Å²) in [7, 11) is 0. The van der Waals surface area contributed by atoms with E-state index in [1.165, 1.54) is 6.07 Å². The summed E-state index contributed by atoms with van der Waals surface area (Å²) in [4.78, 5) is 0. The van der Waals surface area contributed by atoms with Crippen LogP contribution in [-0.4, -0.2) is 28.0 Å². The zero-order valence-corrected chi connectivity index (χ0v) is 9.76. The van der Waals surface area contributed by atoms with Crippen LogP contribution in [0.3, 0.4) is 0 Å². The number of phenols is 2. The summed E-state index contributed by atoms with van der Waals surface area (Å²) in [5, 5.41) is 28.8. The van der Waals surface area contributed by atoms with Gasteiger partial charge < -0.3 is 21.1 Å². The number of aromatic hydroxyl groups is 2. The highest BCUT2D eigenvalue weighted by atomic mass is 16.3. The van der Waals surface area contributed by atoms with E-state index in [0.717, 1.165) is 18.4 Å². The molecule has 0 heterocycles. The standard InChI is InChI=1S/C13H19NO3/c14-8-13(5-3-9(15)4-6-13)11-2-1-10(16)7-12(11)17/h1-2,7,9,15-17H,3-6,8,14H2. The van der Waals surface area contributed by atoms with Crippen molar-refractivity contribution in [3.63, 3.8) is 0 Å². The van der Waals surface area contributed by atoms with Gasteiger partial charge in [-0.1, -0.05) is 6.07 Å². The van der Waals surface area contributed by atoms with Crippen molar-refractivity contribution in [1.29, 1.82) is 0 Å². The SMILES string of the molecule is NCC1(c2ccc(O)cc2O)CCC(O)CC1. The Balaban J connectivity index is 2.34. The molecule has 0 aliphatic heterocycles. The van der Waals surface area contributed by atoms with Gasteiger partial charge in [0.15, 0.2) is 0 Å². The molecule has 0 spiro atoms. The van der Waals surface area contributed by atoms with Gasteiger partial charge in [-0.05, 0) is 31.7 Å². The normalized spacial score (nSPS) is 29.2. The average molecular weight is 237 g/mol. The van der Waals surface area contributed by atoms with E-state index in [0.29, 0.717) is 19.4 Å². The number of benzene rings is 1. The van der Waals surface area contributed by atoms with Crippen molar-refractivity contribution >= 4 is 0 Å². The van der Waals surface area contributed by atoms with Gasteiger partial charge in [0, 0.05) is 23.6 Å². The minimum absolute atomic E-state index is 0.0502. The van der Waals surface area contributed by atoms with E-state index in [4.69, 9.17) is 5.73 Å². The van der Waals surface area contributed by atoms with E-state index in [-0.39, 0.29) is 23.0 Å². The monoisotopic (exact) mass is 237 g/mol. The van der Waals surface area contributed by atoms with E-state index < -0.39 is 0 Å². The number of aliphatic hydroxyl groups is 1. The smallest absolute Gasteiger partial charge is 0.123 e. The first-order valence-corrected chi connectivity index (χ1v) is 5.98. The summed E-state index contributed by atoms with van der Waals surface area (Å²) in [5.41, 5.74) is 6.38. The van der Waals surface area contributed by atoms with Crippen LogP contribution in [0.1, 0.15) is 31.2 Å². The number of rotatable bonds is 2. The van der Waals surface area contributed by atoms with Crippen molar-refractivity contribution in [2.75, 3.05) is 6.54 Å². The molecule has 0 radical (unpaired) electrons. The van der Waals surface area contributed by atoms with Crippen LogP contribution >= 0.6 is 0 Å². The number of nitrogens with two attached hydrogens (primary N) is 1. The van der Waals surface area contributed by atoms with Crippen LogP contribution in [0, 0.1) is 0 Å². The van der Waals surface area contributed by atoms with Gasteiger partial charge in [-0.2, -0.15) is 0 Å². The largest absolute Gasteiger partial charge is 0.508 e. The minimum atomic E-state index is -0.267. The predicted molar refractivity (Wildman–Crippen MR) is 65.0 cm³/mol. The fourth-order valence-electron chi connectivity index (χ4n) is 2.71. The fraction of sp³-hybridized carbons (Fsp3) is 0.538. The molecule has 17 heavy (non-hydrogen) atoms. The first kappa shape index (κ1) is 12.2. The maximum atomic E-state index is 9.93. The summed E-state index contributed by atoms with van der Waals surface area (Å²) in [6, 6.07) is 4.64. The Bertz CT molecular complexity index is 398. The van der Waals surface area contributed by atoms with Crippen molar-refractivity contribution in [3.05, 3.63) is 23.8 Å². The highest BCUT2D eigenvalue weighted by Crippen LogP contribution is 2.43. The van der Waals surface area contributed by atoms with E-state index >= 15 is 0 Å². The molecule has 4 heteroatoms. The Hall–Kier alpha value is -1.26. The zero-order valence-electron chi connectivity index (χ0n) is 9.76. The third-order valence-corrected chi connectivity index (χ3v) is 3.86. The minimum Gasteiger partial charge on any atom is -0.508 e. The lowest BCUT2D eigenvalue weighted by Gasteiger charge is -2.38. The number of hydrogen-bond donors (Lipinski definition) is 4. The first-order chi connectivity index (χ1) is 8.07. The van der Waals surface area contributed by atoms with Crippen molar-refractivity contribution < 1.29 is 15.3 Å². The molecule has 1 aliphatic carbocycles. The van der Waals surface area contributed by atoms with Gasteiger partial charge in [0.1, 0.15) is 11.5 Å². The first-order valence-electron chi connectivity index (χ1n) is 5.98. The Labute approximate surface area is 101 Å². The lowest BCUT2D eigenvalue weighted by molar-refractivity contribution is 0.0966. The van der Waals surface area contributed by atoms with E-state index in [2.05, 4.69) is 0 Å². The van der Waals surface area contributed by atoms with Crippen LogP contribution in [-0.2, 0) is 5.41 Å². The van der Waals surface area contributed by atoms with Crippen LogP contribution in [0.4, 0.5) is 0 Å². The third-order valence-electron chi connectivity index (χ3n) is 3.86. The summed E-state index contributed by atoms with van der Waals surface area (Å²) in [6.45, 7) is 0.443. The Morgan fingerprint density at radius 2 is 1.88 bits per heavy atom. The Morgan fingerprint density at radius 3 is 2.41 bits per heavy atom. The van der Waals surface area contributed by atoms with Crippen LogP contribution < -0.4 is 5.73 Å². The number of hydrogen-bond acceptors (Lipinski definition) is 4. The second kappa shape index (κ2) is 4.55. The molecular formula is C13H19NO3. The molecule has 0 aromatic heterocycles. The quantitative estimate of drug-likeness (QED) is 0.623. The summed E-state index contributed by atoms with van der Waals surface area (Å²) < 4.78 is 0. The van der Waals surface area contributed by atoms with Crippen LogP contribution in [0.25, 0.3) is 0 Å². The molecule has 0 atom stereocenters. The van der Waals surface area contributed by atoms with Crippen molar-refractivity contribution in [1.82, 2.24) is 0 Å². The molecule has 0 bridgehead atoms. The van der Waals surface area contributed by atoms with Gasteiger partial charge >= 0.3 is 0 Å². The molecule has 5 N–H and O–H groups in total. The molecule has 0 amide bonds. The lowest BCUT2D eigenvalue weighted by atomic mass is 9.68. The van der Waals surface area contributed by atoms with Gasteiger partial charge in [-0.15, -0.1) is 0 Å². The summed E-state index contributed by atoms with van der Waals surface area (Å²) >= 11 is 0. The second-order valence-electron chi connectivity index (χ2n) is 4.92. The number of phenolic OH excluding ortho intramolecular Hbond substituents is 2. The van der Waals surface area contributed by atoms with Crippen molar-refractivity contribution in [2.24, 2.45) is 5.73 Å².